The monoisotopic (exact) mass is 198 g/mol. The largest absolute Gasteiger partial charge is 0.0654 e. The first-order valence-electron chi connectivity index (χ1n) is 6.29. The van der Waals surface area contributed by atoms with Crippen LogP contribution in [0.2, 0.25) is 5.54 Å². The van der Waals surface area contributed by atoms with Gasteiger partial charge in [0.1, 0.15) is 0 Å². The van der Waals surface area contributed by atoms with Gasteiger partial charge >= 0.3 is 0 Å². The van der Waals surface area contributed by atoms with E-state index in [9.17, 15) is 0 Å². The molecule has 0 saturated heterocycles. The van der Waals surface area contributed by atoms with Crippen LogP contribution in [0.3, 0.4) is 0 Å². The Labute approximate surface area is 86.9 Å². The highest BCUT2D eigenvalue weighted by molar-refractivity contribution is 6.12. The van der Waals surface area contributed by atoms with E-state index in [1.165, 1.54) is 42.3 Å². The highest BCUT2D eigenvalue weighted by atomic mass is 28.1. The molecule has 0 nitrogen and oxygen atoms in total. The zero-order chi connectivity index (χ0) is 9.68. The number of hydrogen-bond acceptors (Lipinski definition) is 0. The minimum absolute atomic E-state index is 1.11. The Kier molecular flexibility index (Phi) is 5.08. The summed E-state index contributed by atoms with van der Waals surface area (Å²) >= 11 is 0. The molecule has 0 heterocycles. The molecule has 1 heteroatoms. The molecule has 0 aliphatic heterocycles. The van der Waals surface area contributed by atoms with E-state index >= 15 is 0 Å². The maximum Gasteiger partial charge on any atom is 0.00743 e. The van der Waals surface area contributed by atoms with Crippen molar-refractivity contribution in [1.82, 2.24) is 0 Å². The van der Waals surface area contributed by atoms with Gasteiger partial charge in [-0.05, 0) is 17.4 Å². The molecule has 13 heavy (non-hydrogen) atoms. The van der Waals surface area contributed by atoms with Crippen molar-refractivity contribution in [2.45, 2.75) is 64.3 Å². The van der Waals surface area contributed by atoms with Gasteiger partial charge < -0.3 is 0 Å². The van der Waals surface area contributed by atoms with Crippen LogP contribution in [0.1, 0.15) is 58.8 Å². The molecule has 2 unspecified atom stereocenters. The zero-order valence-corrected chi connectivity index (χ0v) is 11.7. The molecule has 0 radical (unpaired) electrons. The molecular formula is C12H26Si. The van der Waals surface area contributed by atoms with Crippen molar-refractivity contribution >= 4 is 10.2 Å². The molecule has 0 aromatic carbocycles. The first-order chi connectivity index (χ1) is 6.29. The molecule has 0 aromatic heterocycles. The Morgan fingerprint density at radius 2 is 1.46 bits per heavy atom. The Bertz CT molecular complexity index is 115. The molecule has 0 spiro atoms. The van der Waals surface area contributed by atoms with Crippen molar-refractivity contribution in [3.8, 4) is 0 Å². The van der Waals surface area contributed by atoms with Crippen LogP contribution in [0, 0.1) is 11.8 Å². The molecule has 2 atom stereocenters. The lowest BCUT2D eigenvalue weighted by Crippen LogP contribution is -2.23. The second kappa shape index (κ2) is 5.84. The van der Waals surface area contributed by atoms with Gasteiger partial charge in [0.25, 0.3) is 0 Å². The lowest BCUT2D eigenvalue weighted by molar-refractivity contribution is 0.243. The van der Waals surface area contributed by atoms with E-state index in [1.54, 1.807) is 12.8 Å². The second-order valence-electron chi connectivity index (χ2n) is 4.89. The van der Waals surface area contributed by atoms with Crippen LogP contribution >= 0.6 is 0 Å². The Balaban J connectivity index is 2.40. The maximum absolute atomic E-state index is 2.34. The van der Waals surface area contributed by atoms with Gasteiger partial charge in [-0.25, -0.2) is 0 Å². The molecule has 1 fully saturated rings. The summed E-state index contributed by atoms with van der Waals surface area (Å²) in [5, 5.41) is 0. The Hall–Kier alpha value is 0.217. The number of rotatable bonds is 4. The molecule has 1 aliphatic carbocycles. The minimum Gasteiger partial charge on any atom is -0.0654 e. The van der Waals surface area contributed by atoms with Crippen LogP contribution in [0.5, 0.6) is 0 Å². The third kappa shape index (κ3) is 3.12. The maximum atomic E-state index is 2.34. The molecule has 0 amide bonds. The molecule has 0 aromatic rings. The summed E-state index contributed by atoms with van der Waals surface area (Å²) in [6, 6.07) is 0. The predicted octanol–water partition coefficient (Wildman–Crippen LogP) is 3.16. The van der Waals surface area contributed by atoms with Crippen molar-refractivity contribution in [1.29, 1.82) is 0 Å². The van der Waals surface area contributed by atoms with Crippen LogP contribution in [0.15, 0.2) is 0 Å². The summed E-state index contributed by atoms with van der Waals surface area (Å²) in [5.74, 6) is 2.23. The Morgan fingerprint density at radius 3 is 1.85 bits per heavy atom. The summed E-state index contributed by atoms with van der Waals surface area (Å²) in [7, 11) is 1.45. The highest BCUT2D eigenvalue weighted by Gasteiger charge is 2.28. The molecule has 1 aliphatic rings. The van der Waals surface area contributed by atoms with Crippen molar-refractivity contribution in [3.05, 3.63) is 0 Å². The minimum atomic E-state index is 1.11. The van der Waals surface area contributed by atoms with E-state index in [1.807, 2.05) is 0 Å². The summed E-state index contributed by atoms with van der Waals surface area (Å²) in [4.78, 5) is 0. The fraction of sp³-hybridized carbons (Fsp3) is 1.00. The third-order valence-electron chi connectivity index (χ3n) is 3.96. The van der Waals surface area contributed by atoms with Crippen molar-refractivity contribution in [3.63, 3.8) is 0 Å². The number of hydrogen-bond donors (Lipinski definition) is 0. The van der Waals surface area contributed by atoms with Crippen LogP contribution < -0.4 is 0 Å². The third-order valence-corrected chi connectivity index (χ3v) is 5.84. The van der Waals surface area contributed by atoms with Crippen molar-refractivity contribution in [2.24, 2.45) is 11.8 Å². The standard InChI is InChI=1S/C12H26Si/c1-3-6-10-8-5-9-11(7-4-2)12(10)13/h10-12H,3-9H2,1-2,13H3. The van der Waals surface area contributed by atoms with Crippen LogP contribution in [0.25, 0.3) is 0 Å². The molecule has 0 N–H and O–H groups in total. The van der Waals surface area contributed by atoms with E-state index in [0.29, 0.717) is 0 Å². The molecule has 1 saturated carbocycles. The van der Waals surface area contributed by atoms with E-state index in [4.69, 9.17) is 0 Å². The SMILES string of the molecule is CCCC1CCCC(CCC)C1[SiH3]. The second-order valence-corrected chi connectivity index (χ2v) is 6.22. The van der Waals surface area contributed by atoms with Gasteiger partial charge in [0.05, 0.1) is 0 Å². The molecule has 78 valence electrons. The van der Waals surface area contributed by atoms with Gasteiger partial charge in [-0.1, -0.05) is 58.8 Å². The summed E-state index contributed by atoms with van der Waals surface area (Å²) in [5.41, 5.74) is 1.15. The van der Waals surface area contributed by atoms with E-state index in [2.05, 4.69) is 13.8 Å². The molecule has 0 bridgehead atoms. The quantitative estimate of drug-likeness (QED) is 0.609. The van der Waals surface area contributed by atoms with Crippen LogP contribution in [0.4, 0.5) is 0 Å². The van der Waals surface area contributed by atoms with Crippen LogP contribution in [-0.2, 0) is 0 Å². The zero-order valence-electron chi connectivity index (χ0n) is 9.68. The van der Waals surface area contributed by atoms with Gasteiger partial charge in [-0.3, -0.25) is 0 Å². The average Bonchev–Trinajstić information content (AvgIpc) is 2.13. The summed E-state index contributed by atoms with van der Waals surface area (Å²) in [6.45, 7) is 4.69. The van der Waals surface area contributed by atoms with Gasteiger partial charge in [-0.15, -0.1) is 0 Å². The van der Waals surface area contributed by atoms with Gasteiger partial charge in [-0.2, -0.15) is 0 Å². The van der Waals surface area contributed by atoms with Gasteiger partial charge in [0.2, 0.25) is 0 Å². The first-order valence-corrected chi connectivity index (χ1v) is 7.45. The van der Waals surface area contributed by atoms with Gasteiger partial charge in [0.15, 0.2) is 0 Å². The summed E-state index contributed by atoms with van der Waals surface area (Å²) in [6.07, 6.45) is 10.4. The van der Waals surface area contributed by atoms with E-state index in [0.717, 1.165) is 17.4 Å². The Morgan fingerprint density at radius 1 is 1.00 bits per heavy atom. The van der Waals surface area contributed by atoms with Gasteiger partial charge in [0, 0.05) is 10.2 Å². The van der Waals surface area contributed by atoms with E-state index in [-0.39, 0.29) is 0 Å². The fourth-order valence-corrected chi connectivity index (χ4v) is 4.44. The summed E-state index contributed by atoms with van der Waals surface area (Å²) < 4.78 is 0. The topological polar surface area (TPSA) is 0 Å². The highest BCUT2D eigenvalue weighted by Crippen LogP contribution is 2.41. The average molecular weight is 198 g/mol. The van der Waals surface area contributed by atoms with E-state index < -0.39 is 0 Å². The smallest absolute Gasteiger partial charge is 0.00743 e. The fourth-order valence-electron chi connectivity index (χ4n) is 3.11. The van der Waals surface area contributed by atoms with Crippen LogP contribution in [-0.4, -0.2) is 10.2 Å². The lowest BCUT2D eigenvalue weighted by Gasteiger charge is -2.36. The molecular weight excluding hydrogens is 172 g/mol. The molecule has 1 rings (SSSR count). The predicted molar refractivity (Wildman–Crippen MR) is 64.3 cm³/mol. The van der Waals surface area contributed by atoms with Crippen molar-refractivity contribution < 1.29 is 0 Å². The lowest BCUT2D eigenvalue weighted by atomic mass is 9.77. The van der Waals surface area contributed by atoms with Crippen molar-refractivity contribution in [2.75, 3.05) is 0 Å². The first kappa shape index (κ1) is 11.3. The normalized spacial score (nSPS) is 35.1.